The Balaban J connectivity index is 1.40. The highest BCUT2D eigenvalue weighted by atomic mass is 16.3. The van der Waals surface area contributed by atoms with E-state index in [0.29, 0.717) is 12.0 Å². The first kappa shape index (κ1) is 14.8. The van der Waals surface area contributed by atoms with Gasteiger partial charge < -0.3 is 15.3 Å². The number of pyridine rings is 1. The Kier molecular flexibility index (Phi) is 5.09. The second-order valence-electron chi connectivity index (χ2n) is 6.54. The van der Waals surface area contributed by atoms with Crippen LogP contribution in [0, 0.1) is 5.92 Å². The topological polar surface area (TPSA) is 48.4 Å². The fourth-order valence-electron chi connectivity index (χ4n) is 3.63. The van der Waals surface area contributed by atoms with E-state index in [-0.39, 0.29) is 6.10 Å². The van der Waals surface area contributed by atoms with Gasteiger partial charge in [-0.1, -0.05) is 12.5 Å². The fourth-order valence-corrected chi connectivity index (χ4v) is 3.63. The third-order valence-corrected chi connectivity index (χ3v) is 4.92. The Morgan fingerprint density at radius 3 is 2.76 bits per heavy atom. The summed E-state index contributed by atoms with van der Waals surface area (Å²) < 4.78 is 0. The molecule has 1 aromatic rings. The maximum Gasteiger partial charge on any atom is 0.128 e. The molecule has 2 aliphatic rings. The van der Waals surface area contributed by atoms with Crippen LogP contribution >= 0.6 is 0 Å². The second kappa shape index (κ2) is 7.23. The number of rotatable bonds is 4. The molecule has 3 rings (SSSR count). The molecule has 2 heterocycles. The van der Waals surface area contributed by atoms with Gasteiger partial charge in [-0.3, -0.25) is 0 Å². The lowest BCUT2D eigenvalue weighted by molar-refractivity contribution is 0.0992. The molecular weight excluding hydrogens is 262 g/mol. The third-order valence-electron chi connectivity index (χ3n) is 4.92. The Morgan fingerprint density at radius 1 is 1.19 bits per heavy atom. The van der Waals surface area contributed by atoms with Crippen LogP contribution in [-0.4, -0.2) is 41.9 Å². The smallest absolute Gasteiger partial charge is 0.128 e. The lowest BCUT2D eigenvalue weighted by atomic mass is 9.87. The van der Waals surface area contributed by atoms with Crippen LogP contribution < -0.4 is 10.2 Å². The molecule has 0 spiro atoms. The van der Waals surface area contributed by atoms with Crippen LogP contribution in [0.3, 0.4) is 0 Å². The summed E-state index contributed by atoms with van der Waals surface area (Å²) in [6, 6.07) is 6.75. The minimum Gasteiger partial charge on any atom is -0.393 e. The van der Waals surface area contributed by atoms with Gasteiger partial charge in [0.2, 0.25) is 0 Å². The number of hydrogen-bond acceptors (Lipinski definition) is 4. The number of aromatic nitrogens is 1. The maximum atomic E-state index is 9.74. The second-order valence-corrected chi connectivity index (χ2v) is 6.54. The Bertz CT molecular complexity index is 417. The zero-order valence-electron chi connectivity index (χ0n) is 12.7. The van der Waals surface area contributed by atoms with E-state index in [2.05, 4.69) is 27.3 Å². The summed E-state index contributed by atoms with van der Waals surface area (Å²) in [7, 11) is 0. The van der Waals surface area contributed by atoms with E-state index in [4.69, 9.17) is 0 Å². The summed E-state index contributed by atoms with van der Waals surface area (Å²) in [6.07, 6.45) is 8.63. The molecule has 2 fully saturated rings. The highest BCUT2D eigenvalue weighted by Crippen LogP contribution is 2.24. The zero-order valence-corrected chi connectivity index (χ0v) is 12.7. The van der Waals surface area contributed by atoms with Gasteiger partial charge in [-0.2, -0.15) is 0 Å². The van der Waals surface area contributed by atoms with Gasteiger partial charge in [-0.25, -0.2) is 4.98 Å². The van der Waals surface area contributed by atoms with Crippen LogP contribution in [0.1, 0.15) is 38.5 Å². The molecule has 4 nitrogen and oxygen atoms in total. The number of nitrogens with zero attached hydrogens (tertiary/aromatic N) is 2. The molecular formula is C17H27N3O. The molecule has 4 heteroatoms. The Labute approximate surface area is 127 Å². The van der Waals surface area contributed by atoms with Crippen LogP contribution in [-0.2, 0) is 0 Å². The van der Waals surface area contributed by atoms with Crippen LogP contribution in [0.2, 0.25) is 0 Å². The van der Waals surface area contributed by atoms with Gasteiger partial charge in [0.05, 0.1) is 6.10 Å². The van der Waals surface area contributed by atoms with Crippen molar-refractivity contribution in [2.24, 2.45) is 5.92 Å². The van der Waals surface area contributed by atoms with Crippen molar-refractivity contribution in [2.75, 3.05) is 24.5 Å². The highest BCUT2D eigenvalue weighted by Gasteiger charge is 2.23. The molecule has 21 heavy (non-hydrogen) atoms. The summed E-state index contributed by atoms with van der Waals surface area (Å²) in [6.45, 7) is 3.25. The predicted octanol–water partition coefficient (Wildman–Crippen LogP) is 2.19. The third kappa shape index (κ3) is 4.17. The van der Waals surface area contributed by atoms with Crippen molar-refractivity contribution >= 4 is 5.82 Å². The van der Waals surface area contributed by atoms with E-state index in [9.17, 15) is 5.11 Å². The van der Waals surface area contributed by atoms with Gasteiger partial charge in [0.1, 0.15) is 5.82 Å². The quantitative estimate of drug-likeness (QED) is 0.892. The van der Waals surface area contributed by atoms with E-state index < -0.39 is 0 Å². The Hall–Kier alpha value is -1.13. The summed E-state index contributed by atoms with van der Waals surface area (Å²) in [5, 5.41) is 13.5. The molecule has 1 saturated carbocycles. The number of aliphatic hydroxyl groups excluding tert-OH is 1. The molecule has 116 valence electrons. The summed E-state index contributed by atoms with van der Waals surface area (Å²) in [5.74, 6) is 1.77. The average Bonchev–Trinajstić information content (AvgIpc) is 2.54. The lowest BCUT2D eigenvalue weighted by Gasteiger charge is -2.34. The van der Waals surface area contributed by atoms with Crippen LogP contribution in [0.4, 0.5) is 5.82 Å². The number of hydrogen-bond donors (Lipinski definition) is 2. The minimum absolute atomic E-state index is 0.0587. The number of aliphatic hydroxyl groups is 1. The van der Waals surface area contributed by atoms with E-state index in [0.717, 1.165) is 38.3 Å². The molecule has 1 aromatic heterocycles. The van der Waals surface area contributed by atoms with E-state index in [1.165, 1.54) is 25.7 Å². The highest BCUT2D eigenvalue weighted by molar-refractivity contribution is 5.38. The van der Waals surface area contributed by atoms with Crippen molar-refractivity contribution < 1.29 is 5.11 Å². The Morgan fingerprint density at radius 2 is 2.05 bits per heavy atom. The van der Waals surface area contributed by atoms with Gasteiger partial charge in [0.15, 0.2) is 0 Å². The first-order chi connectivity index (χ1) is 10.3. The van der Waals surface area contributed by atoms with E-state index in [1.807, 2.05) is 12.3 Å². The molecule has 1 saturated heterocycles. The molecule has 0 amide bonds. The van der Waals surface area contributed by atoms with Crippen LogP contribution in [0.15, 0.2) is 24.4 Å². The van der Waals surface area contributed by atoms with Crippen molar-refractivity contribution in [3.63, 3.8) is 0 Å². The van der Waals surface area contributed by atoms with Crippen molar-refractivity contribution in [2.45, 2.75) is 50.7 Å². The normalized spacial score (nSPS) is 27.8. The minimum atomic E-state index is -0.0587. The van der Waals surface area contributed by atoms with E-state index in [1.54, 1.807) is 0 Å². The lowest BCUT2D eigenvalue weighted by Crippen LogP contribution is -2.44. The summed E-state index contributed by atoms with van der Waals surface area (Å²) in [5.41, 5.74) is 0. The average molecular weight is 289 g/mol. The first-order valence-corrected chi connectivity index (χ1v) is 8.38. The number of nitrogens with one attached hydrogen (secondary N) is 1. The van der Waals surface area contributed by atoms with E-state index >= 15 is 0 Å². The summed E-state index contributed by atoms with van der Waals surface area (Å²) >= 11 is 0. The van der Waals surface area contributed by atoms with Crippen molar-refractivity contribution in [3.05, 3.63) is 24.4 Å². The molecule has 2 atom stereocenters. The van der Waals surface area contributed by atoms with Gasteiger partial charge in [0, 0.05) is 25.3 Å². The fraction of sp³-hybridized carbons (Fsp3) is 0.706. The summed E-state index contributed by atoms with van der Waals surface area (Å²) in [4.78, 5) is 6.81. The largest absolute Gasteiger partial charge is 0.393 e. The monoisotopic (exact) mass is 289 g/mol. The standard InChI is InChI=1S/C17H27N3O/c21-16-5-3-4-14(12-16)13-19-15-7-10-20(11-8-15)17-6-1-2-9-18-17/h1-2,6,9,14-16,19,21H,3-5,7-8,10-13H2. The van der Waals surface area contributed by atoms with Crippen molar-refractivity contribution in [3.8, 4) is 0 Å². The van der Waals surface area contributed by atoms with Gasteiger partial charge in [0.25, 0.3) is 0 Å². The SMILES string of the molecule is OC1CCCC(CNC2CCN(c3ccccn3)CC2)C1. The molecule has 0 radical (unpaired) electrons. The van der Waals surface area contributed by atoms with Gasteiger partial charge >= 0.3 is 0 Å². The first-order valence-electron chi connectivity index (χ1n) is 8.38. The van der Waals surface area contributed by atoms with Crippen LogP contribution in [0.5, 0.6) is 0 Å². The van der Waals surface area contributed by atoms with Gasteiger partial charge in [-0.15, -0.1) is 0 Å². The zero-order chi connectivity index (χ0) is 14.5. The molecule has 0 aromatic carbocycles. The van der Waals surface area contributed by atoms with Crippen LogP contribution in [0.25, 0.3) is 0 Å². The molecule has 1 aliphatic carbocycles. The maximum absolute atomic E-state index is 9.74. The predicted molar refractivity (Wildman–Crippen MR) is 85.4 cm³/mol. The number of piperidine rings is 1. The number of anilines is 1. The van der Waals surface area contributed by atoms with Crippen molar-refractivity contribution in [1.82, 2.24) is 10.3 Å². The molecule has 2 unspecified atom stereocenters. The molecule has 2 N–H and O–H groups in total. The molecule has 0 bridgehead atoms. The molecule has 1 aliphatic heterocycles. The van der Waals surface area contributed by atoms with Gasteiger partial charge in [-0.05, 0) is 56.7 Å². The van der Waals surface area contributed by atoms with Crippen molar-refractivity contribution in [1.29, 1.82) is 0 Å².